The summed E-state index contributed by atoms with van der Waals surface area (Å²) in [6, 6.07) is 0. The Labute approximate surface area is 217 Å². The van der Waals surface area contributed by atoms with E-state index >= 15 is 0 Å². The van der Waals surface area contributed by atoms with Crippen LogP contribution in [0.5, 0.6) is 0 Å². The van der Waals surface area contributed by atoms with Gasteiger partial charge in [0.05, 0.1) is 19.3 Å². The second-order valence-corrected chi connectivity index (χ2v) is 8.95. The first-order valence-electron chi connectivity index (χ1n) is 12.1. The van der Waals surface area contributed by atoms with Crippen LogP contribution in [0, 0.1) is 0 Å². The van der Waals surface area contributed by atoms with Gasteiger partial charge in [0.1, 0.15) is 31.0 Å². The normalized spacial score (nSPS) is 26.6. The van der Waals surface area contributed by atoms with Crippen molar-refractivity contribution in [3.05, 3.63) is 46.6 Å². The monoisotopic (exact) mass is 528 g/mol. The SMILES string of the molecule is CC(=CCO)CCC=C(C)C(=O)OCC=C(C)C(O)CC=C(C)C(=O)OC1OC(CO)C(O)C(O)C1O. The zero-order valence-corrected chi connectivity index (χ0v) is 21.7. The summed E-state index contributed by atoms with van der Waals surface area (Å²) < 4.78 is 15.4. The third-order valence-corrected chi connectivity index (χ3v) is 5.94. The third kappa shape index (κ3) is 10.9. The van der Waals surface area contributed by atoms with Crippen LogP contribution in [-0.4, -0.2) is 99.2 Å². The van der Waals surface area contributed by atoms with Gasteiger partial charge >= 0.3 is 11.9 Å². The lowest BCUT2D eigenvalue weighted by Gasteiger charge is -2.39. The summed E-state index contributed by atoms with van der Waals surface area (Å²) in [5, 5.41) is 57.9. The summed E-state index contributed by atoms with van der Waals surface area (Å²) in [4.78, 5) is 24.4. The van der Waals surface area contributed by atoms with E-state index in [1.165, 1.54) is 13.0 Å². The molecule has 1 heterocycles. The molecule has 0 aromatic heterocycles. The summed E-state index contributed by atoms with van der Waals surface area (Å²) in [5.41, 5.74) is 2.10. The highest BCUT2D eigenvalue weighted by molar-refractivity contribution is 5.88. The molecule has 0 aromatic rings. The topological polar surface area (TPSA) is 183 Å². The lowest BCUT2D eigenvalue weighted by atomic mass is 9.99. The number of carbonyl (C=O) groups is 2. The molecule has 0 spiro atoms. The van der Waals surface area contributed by atoms with Gasteiger partial charge in [0.25, 0.3) is 0 Å². The van der Waals surface area contributed by atoms with Gasteiger partial charge in [0.2, 0.25) is 6.29 Å². The highest BCUT2D eigenvalue weighted by Crippen LogP contribution is 2.23. The molecule has 0 saturated carbocycles. The Kier molecular flexibility index (Phi) is 14.5. The van der Waals surface area contributed by atoms with Crippen molar-refractivity contribution < 1.29 is 54.4 Å². The number of esters is 2. The molecule has 0 bridgehead atoms. The molecule has 6 N–H and O–H groups in total. The van der Waals surface area contributed by atoms with Gasteiger partial charge in [-0.1, -0.05) is 23.8 Å². The van der Waals surface area contributed by atoms with Crippen LogP contribution >= 0.6 is 0 Å². The van der Waals surface area contributed by atoms with Gasteiger partial charge in [-0.15, -0.1) is 0 Å². The summed E-state index contributed by atoms with van der Waals surface area (Å²) in [6.07, 6.45) is -0.863. The van der Waals surface area contributed by atoms with Gasteiger partial charge in [-0.05, 0) is 58.6 Å². The maximum absolute atomic E-state index is 12.3. The second-order valence-electron chi connectivity index (χ2n) is 8.95. The molecule has 210 valence electrons. The van der Waals surface area contributed by atoms with E-state index in [0.29, 0.717) is 17.6 Å². The molecule has 11 heteroatoms. The molecule has 0 radical (unpaired) electrons. The number of hydrogen-bond donors (Lipinski definition) is 6. The molecule has 1 rings (SSSR count). The molecular weight excluding hydrogens is 488 g/mol. The number of hydrogen-bond acceptors (Lipinski definition) is 11. The van der Waals surface area contributed by atoms with Crippen molar-refractivity contribution in [3.8, 4) is 0 Å². The van der Waals surface area contributed by atoms with Crippen LogP contribution in [0.3, 0.4) is 0 Å². The number of carbonyl (C=O) groups excluding carboxylic acids is 2. The molecule has 1 aliphatic heterocycles. The summed E-state index contributed by atoms with van der Waals surface area (Å²) in [5.74, 6) is -1.36. The third-order valence-electron chi connectivity index (χ3n) is 5.94. The maximum atomic E-state index is 12.3. The molecule has 1 fully saturated rings. The second kappa shape index (κ2) is 16.5. The van der Waals surface area contributed by atoms with E-state index in [-0.39, 0.29) is 25.2 Å². The Morgan fingerprint density at radius 3 is 2.16 bits per heavy atom. The van der Waals surface area contributed by atoms with Crippen molar-refractivity contribution in [3.63, 3.8) is 0 Å². The number of rotatable bonds is 13. The average Bonchev–Trinajstić information content (AvgIpc) is 2.86. The number of aliphatic hydroxyl groups excluding tert-OH is 6. The standard InChI is InChI=1S/C26H40O11/c1-15(10-12-27)6-5-7-17(3)24(33)35-13-11-16(2)19(29)9-8-18(4)25(34)37-26-23(32)22(31)21(30)20(14-28)36-26/h7-8,10-11,19-23,26-32H,5-6,9,12-14H2,1-4H3. The van der Waals surface area contributed by atoms with Crippen LogP contribution in [0.4, 0.5) is 0 Å². The summed E-state index contributed by atoms with van der Waals surface area (Å²) in [7, 11) is 0. The Balaban J connectivity index is 2.54. The van der Waals surface area contributed by atoms with E-state index in [2.05, 4.69) is 0 Å². The minimum Gasteiger partial charge on any atom is -0.458 e. The minimum absolute atomic E-state index is 0.0182. The Morgan fingerprint density at radius 1 is 0.892 bits per heavy atom. The van der Waals surface area contributed by atoms with Gasteiger partial charge in [-0.25, -0.2) is 9.59 Å². The molecule has 6 unspecified atom stereocenters. The van der Waals surface area contributed by atoms with Crippen LogP contribution < -0.4 is 0 Å². The van der Waals surface area contributed by atoms with Crippen molar-refractivity contribution in [2.24, 2.45) is 0 Å². The first-order chi connectivity index (χ1) is 17.4. The maximum Gasteiger partial charge on any atom is 0.335 e. The Morgan fingerprint density at radius 2 is 1.54 bits per heavy atom. The predicted octanol–water partition coefficient (Wildman–Crippen LogP) is 0.181. The number of aliphatic hydroxyl groups is 6. The fraction of sp³-hybridized carbons (Fsp3) is 0.615. The van der Waals surface area contributed by atoms with Crippen LogP contribution in [0.25, 0.3) is 0 Å². The lowest BCUT2D eigenvalue weighted by molar-refractivity contribution is -0.291. The first-order valence-corrected chi connectivity index (χ1v) is 12.1. The van der Waals surface area contributed by atoms with Crippen LogP contribution in [0.2, 0.25) is 0 Å². The smallest absolute Gasteiger partial charge is 0.335 e. The first kappa shape index (κ1) is 32.6. The van der Waals surface area contributed by atoms with E-state index in [4.69, 9.17) is 19.3 Å². The molecule has 1 saturated heterocycles. The number of ether oxygens (including phenoxy) is 3. The van der Waals surface area contributed by atoms with Gasteiger partial charge in [0.15, 0.2) is 0 Å². The molecule has 0 amide bonds. The van der Waals surface area contributed by atoms with Crippen molar-refractivity contribution in [2.75, 3.05) is 19.8 Å². The fourth-order valence-corrected chi connectivity index (χ4v) is 3.28. The Hall–Kier alpha value is -2.38. The zero-order chi connectivity index (χ0) is 28.1. The summed E-state index contributed by atoms with van der Waals surface area (Å²) >= 11 is 0. The van der Waals surface area contributed by atoms with Crippen molar-refractivity contribution >= 4 is 11.9 Å². The quantitative estimate of drug-likeness (QED) is 0.109. The summed E-state index contributed by atoms with van der Waals surface area (Å²) in [6.45, 7) is 5.91. The van der Waals surface area contributed by atoms with E-state index in [1.807, 2.05) is 6.92 Å². The van der Waals surface area contributed by atoms with E-state index < -0.39 is 55.4 Å². The van der Waals surface area contributed by atoms with Gasteiger partial charge in [-0.2, -0.15) is 0 Å². The average molecular weight is 529 g/mol. The molecular formula is C26H40O11. The van der Waals surface area contributed by atoms with E-state index in [0.717, 1.165) is 12.0 Å². The molecule has 11 nitrogen and oxygen atoms in total. The Bertz CT molecular complexity index is 872. The number of allylic oxidation sites excluding steroid dienone is 2. The van der Waals surface area contributed by atoms with Crippen molar-refractivity contribution in [1.82, 2.24) is 0 Å². The largest absolute Gasteiger partial charge is 0.458 e. The molecule has 0 aromatic carbocycles. The van der Waals surface area contributed by atoms with Gasteiger partial charge in [0, 0.05) is 11.1 Å². The van der Waals surface area contributed by atoms with Crippen LogP contribution in [0.1, 0.15) is 47.0 Å². The van der Waals surface area contributed by atoms with Crippen molar-refractivity contribution in [2.45, 2.75) is 83.8 Å². The highest BCUT2D eigenvalue weighted by Gasteiger charge is 2.45. The minimum atomic E-state index is -1.71. The van der Waals surface area contributed by atoms with Gasteiger partial charge < -0.3 is 44.8 Å². The van der Waals surface area contributed by atoms with E-state index in [1.54, 1.807) is 32.1 Å². The van der Waals surface area contributed by atoms with Crippen LogP contribution in [0.15, 0.2) is 46.6 Å². The molecule has 6 atom stereocenters. The molecule has 37 heavy (non-hydrogen) atoms. The highest BCUT2D eigenvalue weighted by atomic mass is 16.7. The zero-order valence-electron chi connectivity index (χ0n) is 21.7. The predicted molar refractivity (Wildman–Crippen MR) is 133 cm³/mol. The lowest BCUT2D eigenvalue weighted by Crippen LogP contribution is -2.59. The molecule has 0 aliphatic carbocycles. The van der Waals surface area contributed by atoms with Gasteiger partial charge in [-0.3, -0.25) is 0 Å². The van der Waals surface area contributed by atoms with Crippen molar-refractivity contribution in [1.29, 1.82) is 0 Å². The van der Waals surface area contributed by atoms with Crippen LogP contribution in [-0.2, 0) is 23.8 Å². The fourth-order valence-electron chi connectivity index (χ4n) is 3.28. The molecule has 1 aliphatic rings. The van der Waals surface area contributed by atoms with E-state index in [9.17, 15) is 35.1 Å².